The Balaban J connectivity index is 2.38. The summed E-state index contributed by atoms with van der Waals surface area (Å²) < 4.78 is 0. The van der Waals surface area contributed by atoms with Crippen molar-refractivity contribution in [2.24, 2.45) is 0 Å². The summed E-state index contributed by atoms with van der Waals surface area (Å²) >= 11 is 5.36. The topological polar surface area (TPSA) is 12.9 Å². The number of hydrogen-bond acceptors (Lipinski definition) is 2. The van der Waals surface area contributed by atoms with Crippen LogP contribution >= 0.6 is 12.2 Å². The van der Waals surface area contributed by atoms with Crippen LogP contribution in [0.2, 0.25) is 0 Å². The third-order valence-corrected chi connectivity index (χ3v) is 3.40. The minimum atomic E-state index is 1.02. The van der Waals surface area contributed by atoms with E-state index in [2.05, 4.69) is 29.2 Å². The van der Waals surface area contributed by atoms with E-state index in [1.54, 1.807) is 0 Å². The average molecular weight is 213 g/mol. The van der Waals surface area contributed by atoms with E-state index in [1.807, 2.05) is 6.20 Å². The minimum absolute atomic E-state index is 1.02. The lowest BCUT2D eigenvalue weighted by atomic mass is 9.92. The molecular weight excluding hydrogens is 202 g/mol. The van der Waals surface area contributed by atoms with Gasteiger partial charge >= 0.3 is 0 Å². The molecule has 1 nitrogen and oxygen atoms in total. The van der Waals surface area contributed by atoms with Crippen LogP contribution in [-0.4, -0.2) is 9.85 Å². The zero-order chi connectivity index (χ0) is 10.3. The van der Waals surface area contributed by atoms with E-state index < -0.39 is 0 Å². The van der Waals surface area contributed by atoms with Crippen molar-refractivity contribution in [3.63, 3.8) is 0 Å². The van der Waals surface area contributed by atoms with Gasteiger partial charge < -0.3 is 0 Å². The van der Waals surface area contributed by atoms with Crippen molar-refractivity contribution in [2.45, 2.75) is 19.3 Å². The molecule has 2 heteroatoms. The van der Waals surface area contributed by atoms with Gasteiger partial charge in [0.2, 0.25) is 0 Å². The van der Waals surface area contributed by atoms with E-state index in [4.69, 9.17) is 12.2 Å². The van der Waals surface area contributed by atoms with Gasteiger partial charge in [0.05, 0.1) is 5.69 Å². The fourth-order valence-corrected chi connectivity index (χ4v) is 2.58. The van der Waals surface area contributed by atoms with Gasteiger partial charge in [-0.05, 0) is 30.2 Å². The molecule has 0 saturated heterocycles. The van der Waals surface area contributed by atoms with Crippen LogP contribution in [-0.2, 0) is 6.42 Å². The number of pyridine rings is 1. The van der Waals surface area contributed by atoms with Gasteiger partial charge in [0.1, 0.15) is 0 Å². The number of thiocarbonyl (C=S) groups is 1. The first-order chi connectivity index (χ1) is 7.36. The highest BCUT2D eigenvalue weighted by Gasteiger charge is 2.17. The molecule has 3 rings (SSSR count). The zero-order valence-corrected chi connectivity index (χ0v) is 9.18. The lowest BCUT2D eigenvalue weighted by molar-refractivity contribution is 0.843. The molecule has 74 valence electrons. The van der Waals surface area contributed by atoms with E-state index in [0.717, 1.165) is 23.4 Å². The molecule has 1 aromatic heterocycles. The summed E-state index contributed by atoms with van der Waals surface area (Å²) in [4.78, 5) is 5.52. The van der Waals surface area contributed by atoms with Crippen molar-refractivity contribution < 1.29 is 0 Å². The van der Waals surface area contributed by atoms with Crippen molar-refractivity contribution in [3.8, 4) is 0 Å². The van der Waals surface area contributed by atoms with Crippen LogP contribution in [0.25, 0.3) is 10.8 Å². The van der Waals surface area contributed by atoms with Crippen LogP contribution in [0.4, 0.5) is 0 Å². The van der Waals surface area contributed by atoms with Gasteiger partial charge in [-0.15, -0.1) is 0 Å². The van der Waals surface area contributed by atoms with Crippen molar-refractivity contribution in [2.75, 3.05) is 0 Å². The summed E-state index contributed by atoms with van der Waals surface area (Å²) in [5.41, 5.74) is 2.42. The number of aromatic nitrogens is 1. The van der Waals surface area contributed by atoms with Crippen molar-refractivity contribution >= 4 is 27.9 Å². The molecule has 0 aliphatic heterocycles. The number of nitrogens with zero attached hydrogens (tertiary/aromatic N) is 1. The number of hydrogen-bond donors (Lipinski definition) is 0. The van der Waals surface area contributed by atoms with Gasteiger partial charge in [-0.1, -0.05) is 36.5 Å². The average Bonchev–Trinajstić information content (AvgIpc) is 2.29. The molecule has 0 amide bonds. The minimum Gasteiger partial charge on any atom is -0.255 e. The smallest absolute Gasteiger partial charge is 0.0807 e. The summed E-state index contributed by atoms with van der Waals surface area (Å²) in [5.74, 6) is 0. The van der Waals surface area contributed by atoms with E-state index in [0.29, 0.717) is 0 Å². The predicted octanol–water partition coefficient (Wildman–Crippen LogP) is 3.29. The SMILES string of the molecule is S=C1CCCc2c1ncc1ccccc21. The second-order valence-corrected chi connectivity index (χ2v) is 4.44. The molecule has 0 radical (unpaired) electrons. The number of aryl methyl sites for hydroxylation is 1. The maximum absolute atomic E-state index is 5.36. The third-order valence-electron chi connectivity index (χ3n) is 3.00. The summed E-state index contributed by atoms with van der Waals surface area (Å²) in [6.45, 7) is 0. The van der Waals surface area contributed by atoms with Crippen molar-refractivity contribution in [3.05, 3.63) is 41.7 Å². The molecule has 1 aliphatic rings. The quantitative estimate of drug-likeness (QED) is 0.623. The fraction of sp³-hybridized carbons (Fsp3) is 0.231. The van der Waals surface area contributed by atoms with Crippen LogP contribution in [0.15, 0.2) is 30.5 Å². The summed E-state index contributed by atoms with van der Waals surface area (Å²) in [6, 6.07) is 8.42. The molecule has 0 fully saturated rings. The maximum atomic E-state index is 5.36. The van der Waals surface area contributed by atoms with Gasteiger partial charge in [0.25, 0.3) is 0 Å². The molecule has 0 atom stereocenters. The van der Waals surface area contributed by atoms with Crippen LogP contribution in [0.5, 0.6) is 0 Å². The highest BCUT2D eigenvalue weighted by atomic mass is 32.1. The monoisotopic (exact) mass is 213 g/mol. The van der Waals surface area contributed by atoms with Gasteiger partial charge in [-0.25, -0.2) is 0 Å². The lowest BCUT2D eigenvalue weighted by Crippen LogP contribution is -2.12. The highest BCUT2D eigenvalue weighted by Crippen LogP contribution is 2.27. The first-order valence-corrected chi connectivity index (χ1v) is 5.67. The first kappa shape index (κ1) is 8.98. The van der Waals surface area contributed by atoms with Crippen LogP contribution < -0.4 is 0 Å². The molecule has 15 heavy (non-hydrogen) atoms. The number of rotatable bonds is 0. The molecule has 0 N–H and O–H groups in total. The largest absolute Gasteiger partial charge is 0.255 e. The Morgan fingerprint density at radius 1 is 1.13 bits per heavy atom. The summed E-state index contributed by atoms with van der Waals surface area (Å²) in [6.07, 6.45) is 5.24. The molecule has 2 aromatic rings. The third kappa shape index (κ3) is 1.37. The Hall–Kier alpha value is -1.28. The Labute approximate surface area is 94.1 Å². The molecule has 1 heterocycles. The van der Waals surface area contributed by atoms with Crippen molar-refractivity contribution in [1.29, 1.82) is 0 Å². The maximum Gasteiger partial charge on any atom is 0.0807 e. The van der Waals surface area contributed by atoms with Gasteiger partial charge in [0, 0.05) is 16.4 Å². The molecule has 0 saturated carbocycles. The van der Waals surface area contributed by atoms with E-state index >= 15 is 0 Å². The molecule has 0 unspecified atom stereocenters. The highest BCUT2D eigenvalue weighted by molar-refractivity contribution is 7.80. The van der Waals surface area contributed by atoms with Crippen molar-refractivity contribution in [1.82, 2.24) is 4.98 Å². The summed E-state index contributed by atoms with van der Waals surface area (Å²) in [7, 11) is 0. The number of fused-ring (bicyclic) bond motifs is 3. The van der Waals surface area contributed by atoms with Crippen LogP contribution in [0.3, 0.4) is 0 Å². The second kappa shape index (κ2) is 3.38. The van der Waals surface area contributed by atoms with E-state index in [1.165, 1.54) is 22.8 Å². The summed E-state index contributed by atoms with van der Waals surface area (Å²) in [5, 5.41) is 2.55. The molecular formula is C13H11NS. The molecule has 1 aromatic carbocycles. The van der Waals surface area contributed by atoms with Crippen LogP contribution in [0.1, 0.15) is 24.1 Å². The van der Waals surface area contributed by atoms with E-state index in [9.17, 15) is 0 Å². The molecule has 1 aliphatic carbocycles. The Bertz CT molecular complexity index is 545. The number of benzene rings is 1. The lowest BCUT2D eigenvalue weighted by Gasteiger charge is -2.17. The van der Waals surface area contributed by atoms with Gasteiger partial charge in [0.15, 0.2) is 0 Å². The Morgan fingerprint density at radius 2 is 2.00 bits per heavy atom. The standard InChI is InChI=1S/C13H11NS/c15-12-7-3-6-11-10-5-2-1-4-9(10)8-14-13(11)12/h1-2,4-5,8H,3,6-7H2. The zero-order valence-electron chi connectivity index (χ0n) is 8.36. The van der Waals surface area contributed by atoms with Crippen LogP contribution in [0, 0.1) is 0 Å². The molecule has 0 bridgehead atoms. The normalized spacial score (nSPS) is 15.3. The Kier molecular flexibility index (Phi) is 2.03. The van der Waals surface area contributed by atoms with Gasteiger partial charge in [-0.2, -0.15) is 0 Å². The fourth-order valence-electron chi connectivity index (χ4n) is 2.26. The second-order valence-electron chi connectivity index (χ2n) is 3.95. The first-order valence-electron chi connectivity index (χ1n) is 5.26. The van der Waals surface area contributed by atoms with E-state index in [-0.39, 0.29) is 0 Å². The molecule has 0 spiro atoms. The van der Waals surface area contributed by atoms with Gasteiger partial charge in [-0.3, -0.25) is 4.98 Å². The predicted molar refractivity (Wildman–Crippen MR) is 66.4 cm³/mol. The Morgan fingerprint density at radius 3 is 2.93 bits per heavy atom.